The lowest BCUT2D eigenvalue weighted by molar-refractivity contribution is -0.143. The summed E-state index contributed by atoms with van der Waals surface area (Å²) in [5, 5.41) is 2.67. The van der Waals surface area contributed by atoms with Gasteiger partial charge in [-0.2, -0.15) is 0 Å². The minimum absolute atomic E-state index is 0.0951. The number of hydrogen-bond donors (Lipinski definition) is 0. The zero-order chi connectivity index (χ0) is 13.9. The molecule has 0 atom stereocenters. The molecule has 0 radical (unpaired) electrons. The molecule has 0 fully saturated rings. The lowest BCUT2D eigenvalue weighted by Gasteiger charge is -2.00. The molecule has 0 saturated heterocycles. The number of esters is 1. The van der Waals surface area contributed by atoms with Crippen molar-refractivity contribution in [3.8, 4) is 12.3 Å². The van der Waals surface area contributed by atoms with Gasteiger partial charge in [0.1, 0.15) is 0 Å². The SMILES string of the molecule is C#Cc1nc(/C=C/CCCCCC(=O)OCC)cs1. The first-order chi connectivity index (χ1) is 9.26. The van der Waals surface area contributed by atoms with Crippen molar-refractivity contribution in [2.24, 2.45) is 0 Å². The third-order valence-electron chi connectivity index (χ3n) is 2.49. The minimum atomic E-state index is -0.0951. The van der Waals surface area contributed by atoms with Gasteiger partial charge in [-0.05, 0) is 38.2 Å². The molecule has 0 amide bonds. The van der Waals surface area contributed by atoms with Crippen molar-refractivity contribution in [1.82, 2.24) is 4.98 Å². The van der Waals surface area contributed by atoms with Crippen molar-refractivity contribution < 1.29 is 9.53 Å². The highest BCUT2D eigenvalue weighted by Crippen LogP contribution is 2.11. The van der Waals surface area contributed by atoms with Gasteiger partial charge in [-0.15, -0.1) is 17.8 Å². The third kappa shape index (κ3) is 6.78. The number of allylic oxidation sites excluding steroid dienone is 1. The van der Waals surface area contributed by atoms with Crippen molar-refractivity contribution >= 4 is 23.4 Å². The fourth-order valence-corrected chi connectivity index (χ4v) is 2.16. The fourth-order valence-electron chi connectivity index (χ4n) is 1.57. The second-order valence-electron chi connectivity index (χ2n) is 4.03. The van der Waals surface area contributed by atoms with Gasteiger partial charge in [-0.25, -0.2) is 4.98 Å². The fraction of sp³-hybridized carbons (Fsp3) is 0.467. The Morgan fingerprint density at radius 2 is 2.37 bits per heavy atom. The molecule has 1 rings (SSSR count). The van der Waals surface area contributed by atoms with Crippen molar-refractivity contribution in [3.63, 3.8) is 0 Å². The monoisotopic (exact) mass is 277 g/mol. The van der Waals surface area contributed by atoms with Crippen LogP contribution in [0.2, 0.25) is 0 Å². The van der Waals surface area contributed by atoms with E-state index in [1.54, 1.807) is 0 Å². The number of rotatable bonds is 8. The number of nitrogens with zero attached hydrogens (tertiary/aromatic N) is 1. The summed E-state index contributed by atoms with van der Waals surface area (Å²) in [6.07, 6.45) is 13.9. The Hall–Kier alpha value is -1.60. The lowest BCUT2D eigenvalue weighted by Crippen LogP contribution is -2.02. The molecule has 1 aromatic heterocycles. The summed E-state index contributed by atoms with van der Waals surface area (Å²) >= 11 is 1.48. The van der Waals surface area contributed by atoms with Crippen LogP contribution in [0.25, 0.3) is 6.08 Å². The molecule has 0 aliphatic carbocycles. The number of terminal acetylenes is 1. The van der Waals surface area contributed by atoms with E-state index in [2.05, 4.69) is 17.0 Å². The Morgan fingerprint density at radius 3 is 3.05 bits per heavy atom. The summed E-state index contributed by atoms with van der Waals surface area (Å²) in [4.78, 5) is 15.3. The van der Waals surface area contributed by atoms with Crippen LogP contribution in [0.3, 0.4) is 0 Å². The molecule has 0 spiro atoms. The highest BCUT2D eigenvalue weighted by molar-refractivity contribution is 7.10. The van der Waals surface area contributed by atoms with E-state index in [1.165, 1.54) is 11.3 Å². The number of carbonyl (C=O) groups is 1. The molecule has 4 heteroatoms. The molecule has 0 N–H and O–H groups in total. The Labute approximate surface area is 118 Å². The van der Waals surface area contributed by atoms with Crippen LogP contribution in [0.1, 0.15) is 49.7 Å². The molecule has 1 aromatic rings. The van der Waals surface area contributed by atoms with Crippen LogP contribution in [0.5, 0.6) is 0 Å². The topological polar surface area (TPSA) is 39.2 Å². The van der Waals surface area contributed by atoms with Crippen molar-refractivity contribution in [3.05, 3.63) is 22.2 Å². The number of carbonyl (C=O) groups excluding carboxylic acids is 1. The van der Waals surface area contributed by atoms with Gasteiger partial charge in [0, 0.05) is 11.8 Å². The molecule has 0 aromatic carbocycles. The van der Waals surface area contributed by atoms with Crippen LogP contribution < -0.4 is 0 Å². The number of aromatic nitrogens is 1. The average Bonchev–Trinajstić information content (AvgIpc) is 2.86. The van der Waals surface area contributed by atoms with E-state index < -0.39 is 0 Å². The van der Waals surface area contributed by atoms with Gasteiger partial charge in [0.05, 0.1) is 12.3 Å². The quantitative estimate of drug-likeness (QED) is 0.413. The maximum atomic E-state index is 11.1. The largest absolute Gasteiger partial charge is 0.466 e. The first-order valence-electron chi connectivity index (χ1n) is 6.50. The zero-order valence-corrected chi connectivity index (χ0v) is 12.0. The molecule has 3 nitrogen and oxygen atoms in total. The summed E-state index contributed by atoms with van der Waals surface area (Å²) < 4.78 is 4.86. The maximum Gasteiger partial charge on any atom is 0.305 e. The van der Waals surface area contributed by atoms with Crippen LogP contribution in [-0.2, 0) is 9.53 Å². The summed E-state index contributed by atoms with van der Waals surface area (Å²) in [6.45, 7) is 2.29. The number of thiazole rings is 1. The first-order valence-corrected chi connectivity index (χ1v) is 7.38. The molecule has 0 saturated carbocycles. The zero-order valence-electron chi connectivity index (χ0n) is 11.2. The molecule has 102 valence electrons. The highest BCUT2D eigenvalue weighted by atomic mass is 32.1. The molecule has 1 heterocycles. The predicted octanol–water partition coefficient (Wildman–Crippen LogP) is 3.65. The van der Waals surface area contributed by atoms with E-state index in [1.807, 2.05) is 18.4 Å². The molecule has 0 aliphatic rings. The van der Waals surface area contributed by atoms with Crippen LogP contribution in [0.15, 0.2) is 11.5 Å². The number of hydrogen-bond acceptors (Lipinski definition) is 4. The van der Waals surface area contributed by atoms with Gasteiger partial charge < -0.3 is 4.74 Å². The van der Waals surface area contributed by atoms with Gasteiger partial charge >= 0.3 is 5.97 Å². The summed E-state index contributed by atoms with van der Waals surface area (Å²) in [5.74, 6) is 2.42. The molecule has 0 bridgehead atoms. The minimum Gasteiger partial charge on any atom is -0.466 e. The standard InChI is InChI=1S/C15H19NO2S/c1-3-14-16-13(12-19-14)10-8-6-5-7-9-11-15(17)18-4-2/h1,8,10,12H,4-7,9,11H2,2H3/b10-8+. The van der Waals surface area contributed by atoms with Gasteiger partial charge in [0.15, 0.2) is 5.01 Å². The van der Waals surface area contributed by atoms with Crippen molar-refractivity contribution in [2.45, 2.75) is 39.0 Å². The van der Waals surface area contributed by atoms with Crippen molar-refractivity contribution in [2.75, 3.05) is 6.61 Å². The first kappa shape index (κ1) is 15.5. The van der Waals surface area contributed by atoms with Crippen LogP contribution in [-0.4, -0.2) is 17.6 Å². The highest BCUT2D eigenvalue weighted by Gasteiger charge is 2.00. The van der Waals surface area contributed by atoms with E-state index in [4.69, 9.17) is 11.2 Å². The lowest BCUT2D eigenvalue weighted by atomic mass is 10.1. The third-order valence-corrected chi connectivity index (χ3v) is 3.28. The Kier molecular flexibility index (Phi) is 7.60. The summed E-state index contributed by atoms with van der Waals surface area (Å²) in [7, 11) is 0. The number of unbranched alkanes of at least 4 members (excludes halogenated alkanes) is 3. The number of ether oxygens (including phenoxy) is 1. The second-order valence-corrected chi connectivity index (χ2v) is 4.89. The van der Waals surface area contributed by atoms with Gasteiger partial charge in [-0.3, -0.25) is 4.79 Å². The van der Waals surface area contributed by atoms with E-state index in [0.29, 0.717) is 18.0 Å². The average molecular weight is 277 g/mol. The normalized spacial score (nSPS) is 10.5. The van der Waals surface area contributed by atoms with Crippen molar-refractivity contribution in [1.29, 1.82) is 0 Å². The molecule has 0 unspecified atom stereocenters. The molecule has 19 heavy (non-hydrogen) atoms. The van der Waals surface area contributed by atoms with E-state index >= 15 is 0 Å². The van der Waals surface area contributed by atoms with E-state index in [0.717, 1.165) is 31.4 Å². The van der Waals surface area contributed by atoms with Gasteiger partial charge in [0.2, 0.25) is 0 Å². The Morgan fingerprint density at radius 1 is 1.53 bits per heavy atom. The summed E-state index contributed by atoms with van der Waals surface area (Å²) in [5.41, 5.74) is 0.921. The van der Waals surface area contributed by atoms with Crippen LogP contribution >= 0.6 is 11.3 Å². The van der Waals surface area contributed by atoms with Gasteiger partial charge in [0.25, 0.3) is 0 Å². The maximum absolute atomic E-state index is 11.1. The summed E-state index contributed by atoms with van der Waals surface area (Å²) in [6, 6.07) is 0. The van der Waals surface area contributed by atoms with Gasteiger partial charge in [-0.1, -0.05) is 12.5 Å². The molecular formula is C15H19NO2S. The Bertz CT molecular complexity index is 457. The van der Waals surface area contributed by atoms with E-state index in [9.17, 15) is 4.79 Å². The second kappa shape index (κ2) is 9.35. The van der Waals surface area contributed by atoms with Crippen LogP contribution in [0.4, 0.5) is 0 Å². The van der Waals surface area contributed by atoms with E-state index in [-0.39, 0.29) is 5.97 Å². The predicted molar refractivity (Wildman–Crippen MR) is 78.8 cm³/mol. The molecule has 0 aliphatic heterocycles. The smallest absolute Gasteiger partial charge is 0.305 e. The molecular weight excluding hydrogens is 258 g/mol. The Balaban J connectivity index is 2.07. The van der Waals surface area contributed by atoms with Crippen LogP contribution in [0, 0.1) is 12.3 Å².